The van der Waals surface area contributed by atoms with Crippen molar-refractivity contribution in [3.05, 3.63) is 0 Å². The fourth-order valence-corrected chi connectivity index (χ4v) is 13.3. The van der Waals surface area contributed by atoms with Gasteiger partial charge < -0.3 is 33.8 Å². The summed E-state index contributed by atoms with van der Waals surface area (Å²) in [5.41, 5.74) is 0. The number of carbonyl (C=O) groups excluding carboxylic acids is 4. The molecular weight excluding hydrogens is 1250 g/mol. The van der Waals surface area contributed by atoms with Gasteiger partial charge in [0, 0.05) is 25.7 Å². The predicted octanol–water partition coefficient (Wildman–Crippen LogP) is 22.5. The van der Waals surface area contributed by atoms with Gasteiger partial charge in [-0.3, -0.25) is 37.3 Å². The molecule has 0 saturated heterocycles. The summed E-state index contributed by atoms with van der Waals surface area (Å²) in [7, 11) is -9.91. The maximum atomic E-state index is 13.1. The first kappa shape index (κ1) is 93.1. The minimum Gasteiger partial charge on any atom is -0.462 e. The fourth-order valence-electron chi connectivity index (χ4n) is 11.7. The monoisotopic (exact) mass is 1400 g/mol. The highest BCUT2D eigenvalue weighted by atomic mass is 31.2. The van der Waals surface area contributed by atoms with Crippen LogP contribution in [0.1, 0.15) is 401 Å². The van der Waals surface area contributed by atoms with Gasteiger partial charge in [0.15, 0.2) is 12.2 Å². The van der Waals surface area contributed by atoms with Crippen molar-refractivity contribution >= 4 is 39.5 Å². The number of esters is 4. The molecule has 19 heteroatoms. The van der Waals surface area contributed by atoms with Gasteiger partial charge in [-0.2, -0.15) is 0 Å². The van der Waals surface area contributed by atoms with Gasteiger partial charge in [-0.1, -0.05) is 349 Å². The summed E-state index contributed by atoms with van der Waals surface area (Å²) >= 11 is 0. The Bertz CT molecular complexity index is 1820. The van der Waals surface area contributed by atoms with Crippen LogP contribution in [-0.2, 0) is 65.4 Å². The zero-order valence-corrected chi connectivity index (χ0v) is 63.6. The lowest BCUT2D eigenvalue weighted by Crippen LogP contribution is -2.30. The molecule has 0 aliphatic rings. The van der Waals surface area contributed by atoms with Gasteiger partial charge in [0.25, 0.3) is 0 Å². The Morgan fingerprint density at radius 1 is 0.284 bits per heavy atom. The van der Waals surface area contributed by atoms with E-state index in [1.807, 2.05) is 0 Å². The van der Waals surface area contributed by atoms with E-state index in [0.717, 1.165) is 95.8 Å². The predicted molar refractivity (Wildman–Crippen MR) is 386 cm³/mol. The van der Waals surface area contributed by atoms with Gasteiger partial charge in [0.1, 0.15) is 19.3 Å². The van der Waals surface area contributed by atoms with E-state index in [4.69, 9.17) is 37.0 Å². The van der Waals surface area contributed by atoms with Crippen molar-refractivity contribution in [1.82, 2.24) is 0 Å². The first-order valence-corrected chi connectivity index (χ1v) is 42.6. The van der Waals surface area contributed by atoms with Gasteiger partial charge >= 0.3 is 39.5 Å². The van der Waals surface area contributed by atoms with E-state index in [1.54, 1.807) is 0 Å². The van der Waals surface area contributed by atoms with E-state index in [0.29, 0.717) is 25.7 Å². The van der Waals surface area contributed by atoms with Crippen LogP contribution in [0.15, 0.2) is 0 Å². The van der Waals surface area contributed by atoms with Crippen molar-refractivity contribution in [2.24, 2.45) is 5.92 Å². The molecule has 0 aromatic carbocycles. The van der Waals surface area contributed by atoms with Crippen LogP contribution in [0, 0.1) is 5.92 Å². The van der Waals surface area contributed by atoms with Crippen molar-refractivity contribution in [2.75, 3.05) is 39.6 Å². The number of phosphoric acid groups is 2. The number of rotatable bonds is 76. The number of unbranched alkanes of at least 4 members (excludes halogenated alkanes) is 48. The van der Waals surface area contributed by atoms with E-state index in [1.165, 1.54) is 225 Å². The zero-order valence-electron chi connectivity index (χ0n) is 61.8. The molecule has 3 N–H and O–H groups in total. The molecule has 564 valence electrons. The average Bonchev–Trinajstić information content (AvgIpc) is 1.72. The van der Waals surface area contributed by atoms with E-state index >= 15 is 0 Å². The first-order chi connectivity index (χ1) is 46.0. The summed E-state index contributed by atoms with van der Waals surface area (Å²) in [5.74, 6) is -1.38. The molecule has 0 aromatic heterocycles. The molecule has 0 spiro atoms. The van der Waals surface area contributed by atoms with Crippen LogP contribution >= 0.6 is 15.6 Å². The van der Waals surface area contributed by atoms with Crippen LogP contribution in [0.3, 0.4) is 0 Å². The van der Waals surface area contributed by atoms with Crippen LogP contribution in [0.5, 0.6) is 0 Å². The van der Waals surface area contributed by atoms with E-state index < -0.39 is 97.5 Å². The molecule has 0 heterocycles. The Morgan fingerprint density at radius 3 is 0.716 bits per heavy atom. The third-order valence-electron chi connectivity index (χ3n) is 17.8. The fraction of sp³-hybridized carbons (Fsp3) is 0.947. The lowest BCUT2D eigenvalue weighted by molar-refractivity contribution is -0.161. The second-order valence-corrected chi connectivity index (χ2v) is 30.8. The van der Waals surface area contributed by atoms with E-state index in [9.17, 15) is 43.2 Å². The number of ether oxygens (including phenoxy) is 4. The molecule has 0 rings (SSSR count). The first-order valence-electron chi connectivity index (χ1n) is 39.6. The zero-order chi connectivity index (χ0) is 69.8. The molecule has 17 nitrogen and oxygen atoms in total. The van der Waals surface area contributed by atoms with E-state index in [-0.39, 0.29) is 25.7 Å². The van der Waals surface area contributed by atoms with Crippen molar-refractivity contribution in [1.29, 1.82) is 0 Å². The summed E-state index contributed by atoms with van der Waals surface area (Å²) in [4.78, 5) is 72.8. The topological polar surface area (TPSA) is 237 Å². The minimum atomic E-state index is -4.96. The maximum Gasteiger partial charge on any atom is 0.472 e. The second-order valence-electron chi connectivity index (χ2n) is 27.9. The molecule has 0 bridgehead atoms. The molecule has 0 fully saturated rings. The lowest BCUT2D eigenvalue weighted by Gasteiger charge is -2.21. The summed E-state index contributed by atoms with van der Waals surface area (Å²) in [5, 5.41) is 10.6. The van der Waals surface area contributed by atoms with Gasteiger partial charge in [0.05, 0.1) is 26.4 Å². The Kier molecular flexibility index (Phi) is 67.7. The Balaban J connectivity index is 5.22. The lowest BCUT2D eigenvalue weighted by atomic mass is 10.0. The molecule has 2 unspecified atom stereocenters. The van der Waals surface area contributed by atoms with Crippen LogP contribution in [0.25, 0.3) is 0 Å². The molecule has 0 radical (unpaired) electrons. The van der Waals surface area contributed by atoms with Crippen LogP contribution < -0.4 is 0 Å². The molecule has 95 heavy (non-hydrogen) atoms. The van der Waals surface area contributed by atoms with Crippen LogP contribution in [0.4, 0.5) is 0 Å². The SMILES string of the molecule is CCCCCCCCCCCCCCCCCCCCCC(=O)O[C@H](COC(=O)CCCCCCCCCCCCCCCC)COP(=O)(O)OC[C@@H](O)COP(=O)(O)OC[C@@H](COC(=O)CCCCCCCCCCCC)OC(=O)CCCCCCCCCCCC(C)C. The highest BCUT2D eigenvalue weighted by Crippen LogP contribution is 2.45. The number of aliphatic hydroxyl groups is 1. The highest BCUT2D eigenvalue weighted by molar-refractivity contribution is 7.47. The van der Waals surface area contributed by atoms with Crippen molar-refractivity contribution < 1.29 is 80.2 Å². The Morgan fingerprint density at radius 2 is 0.484 bits per heavy atom. The standard InChI is InChI=1S/C76H148O17P2/c1-6-9-12-15-18-21-24-26-28-29-30-31-32-34-36-41-46-51-56-61-75(80)92-71(66-87-74(79)60-55-50-45-40-35-33-27-25-22-19-16-13-10-7-2)67-90-94(82,83)88-63-70(77)64-89-95(84,85)91-68-72(65-86-73(78)59-54-49-44-39-23-20-17-14-11-8-3)93-76(81)62-57-52-47-42-37-38-43-48-53-58-69(4)5/h69-72,77H,6-68H2,1-5H3,(H,82,83)(H,84,85)/t70-,71-,72-/m1/s1. The Hall–Kier alpha value is -1.94. The molecule has 0 aromatic rings. The van der Waals surface area contributed by atoms with Gasteiger partial charge in [-0.05, 0) is 31.6 Å². The molecule has 0 aliphatic carbocycles. The summed E-state index contributed by atoms with van der Waals surface area (Å²) in [6.07, 6.45) is 58.2. The summed E-state index contributed by atoms with van der Waals surface area (Å²) in [6.45, 7) is 7.26. The molecule has 0 aliphatic heterocycles. The minimum absolute atomic E-state index is 0.106. The number of hydrogen-bond acceptors (Lipinski definition) is 15. The van der Waals surface area contributed by atoms with Crippen molar-refractivity contribution in [3.63, 3.8) is 0 Å². The van der Waals surface area contributed by atoms with Crippen LogP contribution in [-0.4, -0.2) is 96.7 Å². The number of hydrogen-bond donors (Lipinski definition) is 3. The largest absolute Gasteiger partial charge is 0.472 e. The third kappa shape index (κ3) is 70.3. The van der Waals surface area contributed by atoms with Gasteiger partial charge in [-0.25, -0.2) is 9.13 Å². The second kappa shape index (κ2) is 69.2. The molecule has 0 saturated carbocycles. The summed E-state index contributed by atoms with van der Waals surface area (Å²) < 4.78 is 68.5. The smallest absolute Gasteiger partial charge is 0.462 e. The number of carbonyl (C=O) groups is 4. The van der Waals surface area contributed by atoms with Gasteiger partial charge in [-0.15, -0.1) is 0 Å². The van der Waals surface area contributed by atoms with E-state index in [2.05, 4.69) is 34.6 Å². The van der Waals surface area contributed by atoms with Crippen molar-refractivity contribution in [3.8, 4) is 0 Å². The van der Waals surface area contributed by atoms with Crippen molar-refractivity contribution in [2.45, 2.75) is 419 Å². The number of aliphatic hydroxyl groups excluding tert-OH is 1. The molecule has 5 atom stereocenters. The quantitative estimate of drug-likeness (QED) is 0.0222. The maximum absolute atomic E-state index is 13.1. The Labute approximate surface area is 581 Å². The van der Waals surface area contributed by atoms with Crippen LogP contribution in [0.2, 0.25) is 0 Å². The summed E-state index contributed by atoms with van der Waals surface area (Å²) in [6, 6.07) is 0. The average molecular weight is 1400 g/mol. The third-order valence-corrected chi connectivity index (χ3v) is 19.7. The normalized spacial score (nSPS) is 13.9. The highest BCUT2D eigenvalue weighted by Gasteiger charge is 2.30. The molecular formula is C76H148O17P2. The number of phosphoric ester groups is 2. The van der Waals surface area contributed by atoms with Gasteiger partial charge in [0.2, 0.25) is 0 Å². The molecule has 0 amide bonds.